The molecule has 1 saturated heterocycles. The van der Waals surface area contributed by atoms with Gasteiger partial charge in [0.2, 0.25) is 0 Å². The number of aromatic nitrogens is 4. The number of morpholine rings is 1. The molecule has 1 aromatic carbocycles. The zero-order chi connectivity index (χ0) is 16.2. The fraction of sp³-hybridized carbons (Fsp3) is 0.353. The van der Waals surface area contributed by atoms with Gasteiger partial charge in [-0.05, 0) is 5.56 Å². The fourth-order valence-electron chi connectivity index (χ4n) is 3.00. The van der Waals surface area contributed by atoms with Crippen molar-refractivity contribution in [1.82, 2.24) is 24.8 Å². The Labute approximate surface area is 140 Å². The Morgan fingerprint density at radius 2 is 2.12 bits per heavy atom. The second kappa shape index (κ2) is 6.94. The summed E-state index contributed by atoms with van der Waals surface area (Å²) in [6.07, 6.45) is 3.29. The largest absolute Gasteiger partial charge is 0.374 e. The van der Waals surface area contributed by atoms with Gasteiger partial charge >= 0.3 is 0 Å². The van der Waals surface area contributed by atoms with Crippen molar-refractivity contribution in [2.24, 2.45) is 0 Å². The van der Waals surface area contributed by atoms with Crippen LogP contribution in [0, 0.1) is 0 Å². The lowest BCUT2D eigenvalue weighted by Gasteiger charge is -2.33. The molecule has 1 atom stereocenters. The summed E-state index contributed by atoms with van der Waals surface area (Å²) >= 11 is 0. The number of fused-ring (bicyclic) bond motifs is 1. The highest BCUT2D eigenvalue weighted by Crippen LogP contribution is 2.16. The van der Waals surface area contributed by atoms with E-state index in [1.807, 2.05) is 6.07 Å². The molecule has 0 unspecified atom stereocenters. The van der Waals surface area contributed by atoms with Gasteiger partial charge in [-0.1, -0.05) is 30.3 Å². The van der Waals surface area contributed by atoms with Crippen molar-refractivity contribution < 1.29 is 4.74 Å². The number of ether oxygens (including phenoxy) is 1. The van der Waals surface area contributed by atoms with Gasteiger partial charge in [-0.2, -0.15) is 0 Å². The number of benzene rings is 1. The van der Waals surface area contributed by atoms with Gasteiger partial charge in [-0.15, -0.1) is 0 Å². The molecule has 1 aliphatic heterocycles. The summed E-state index contributed by atoms with van der Waals surface area (Å²) in [5, 5.41) is 3.35. The van der Waals surface area contributed by atoms with Crippen molar-refractivity contribution in [1.29, 1.82) is 0 Å². The summed E-state index contributed by atoms with van der Waals surface area (Å²) in [7, 11) is 0. The Balaban J connectivity index is 1.36. The number of hydrogen-bond donors (Lipinski definition) is 2. The minimum atomic E-state index is 0.135. The van der Waals surface area contributed by atoms with Crippen LogP contribution in [0.2, 0.25) is 0 Å². The van der Waals surface area contributed by atoms with Crippen LogP contribution >= 0.6 is 0 Å². The van der Waals surface area contributed by atoms with Crippen LogP contribution < -0.4 is 5.32 Å². The number of anilines is 1. The molecule has 7 nitrogen and oxygen atoms in total. The number of hydrogen-bond acceptors (Lipinski definition) is 6. The van der Waals surface area contributed by atoms with E-state index in [9.17, 15) is 0 Å². The minimum Gasteiger partial charge on any atom is -0.374 e. The molecule has 2 N–H and O–H groups in total. The van der Waals surface area contributed by atoms with Crippen LogP contribution in [0.4, 0.5) is 5.82 Å². The zero-order valence-electron chi connectivity index (χ0n) is 13.4. The molecular formula is C17H20N6O. The number of nitrogens with zero attached hydrogens (tertiary/aromatic N) is 4. The van der Waals surface area contributed by atoms with Crippen LogP contribution in [-0.4, -0.2) is 57.2 Å². The first-order chi connectivity index (χ1) is 11.9. The van der Waals surface area contributed by atoms with E-state index >= 15 is 0 Å². The Kier molecular flexibility index (Phi) is 4.35. The van der Waals surface area contributed by atoms with Crippen LogP contribution in [0.5, 0.6) is 0 Å². The van der Waals surface area contributed by atoms with Crippen LogP contribution in [0.15, 0.2) is 43.0 Å². The van der Waals surface area contributed by atoms with Crippen molar-refractivity contribution in [2.45, 2.75) is 12.6 Å². The lowest BCUT2D eigenvalue weighted by Crippen LogP contribution is -2.44. The predicted octanol–water partition coefficient (Wildman–Crippen LogP) is 1.67. The molecule has 3 aromatic rings. The molecule has 7 heteroatoms. The molecule has 0 bridgehead atoms. The lowest BCUT2D eigenvalue weighted by molar-refractivity contribution is -0.0240. The average Bonchev–Trinajstić information content (AvgIpc) is 3.10. The molecule has 0 radical (unpaired) electrons. The van der Waals surface area contributed by atoms with Crippen molar-refractivity contribution in [3.63, 3.8) is 0 Å². The number of H-pyrrole nitrogens is 1. The van der Waals surface area contributed by atoms with Crippen molar-refractivity contribution in [3.05, 3.63) is 48.5 Å². The maximum atomic E-state index is 5.89. The first kappa shape index (κ1) is 15.0. The van der Waals surface area contributed by atoms with E-state index in [1.54, 1.807) is 6.33 Å². The topological polar surface area (TPSA) is 79.0 Å². The van der Waals surface area contributed by atoms with Crippen LogP contribution in [0.25, 0.3) is 11.2 Å². The first-order valence-corrected chi connectivity index (χ1v) is 8.14. The third kappa shape index (κ3) is 3.37. The summed E-state index contributed by atoms with van der Waals surface area (Å²) in [5.41, 5.74) is 2.83. The molecule has 24 heavy (non-hydrogen) atoms. The van der Waals surface area contributed by atoms with Gasteiger partial charge in [-0.25, -0.2) is 15.0 Å². The number of aromatic amines is 1. The third-order valence-corrected chi connectivity index (χ3v) is 4.19. The monoisotopic (exact) mass is 324 g/mol. The smallest absolute Gasteiger partial charge is 0.182 e. The molecular weight excluding hydrogens is 304 g/mol. The average molecular weight is 324 g/mol. The molecule has 0 spiro atoms. The Bertz CT molecular complexity index is 790. The third-order valence-electron chi connectivity index (χ3n) is 4.19. The normalized spacial score (nSPS) is 18.8. The van der Waals surface area contributed by atoms with Gasteiger partial charge < -0.3 is 15.0 Å². The molecule has 2 aromatic heterocycles. The Morgan fingerprint density at radius 1 is 1.21 bits per heavy atom. The fourth-order valence-corrected chi connectivity index (χ4v) is 3.00. The van der Waals surface area contributed by atoms with E-state index in [0.29, 0.717) is 12.2 Å². The van der Waals surface area contributed by atoms with E-state index < -0.39 is 0 Å². The highest BCUT2D eigenvalue weighted by Gasteiger charge is 2.20. The predicted molar refractivity (Wildman–Crippen MR) is 91.6 cm³/mol. The van der Waals surface area contributed by atoms with Gasteiger partial charge in [0.1, 0.15) is 11.8 Å². The molecule has 1 aliphatic rings. The second-order valence-corrected chi connectivity index (χ2v) is 5.92. The van der Waals surface area contributed by atoms with Crippen molar-refractivity contribution in [2.75, 3.05) is 31.6 Å². The highest BCUT2D eigenvalue weighted by molar-refractivity contribution is 5.81. The van der Waals surface area contributed by atoms with Gasteiger partial charge in [-0.3, -0.25) is 4.90 Å². The van der Waals surface area contributed by atoms with Crippen LogP contribution in [0.1, 0.15) is 5.56 Å². The first-order valence-electron chi connectivity index (χ1n) is 8.14. The summed E-state index contributed by atoms with van der Waals surface area (Å²) in [5.74, 6) is 0.765. The molecule has 4 rings (SSSR count). The molecule has 124 valence electrons. The summed E-state index contributed by atoms with van der Waals surface area (Å²) in [6.45, 7) is 4.28. The standard InChI is InChI=1S/C17H20N6O/c1-2-4-13(5-3-1)9-23-6-7-24-14(10-23)8-18-16-15-17(20-11-19-15)22-12-21-16/h1-5,11-12,14H,6-10H2,(H2,18,19,20,21,22)/t14-/m1/s1. The Morgan fingerprint density at radius 3 is 3.04 bits per heavy atom. The van der Waals surface area contributed by atoms with E-state index in [2.05, 4.69) is 54.4 Å². The maximum Gasteiger partial charge on any atom is 0.182 e. The summed E-state index contributed by atoms with van der Waals surface area (Å²) in [4.78, 5) is 18.1. The van der Waals surface area contributed by atoms with Crippen molar-refractivity contribution >= 4 is 17.0 Å². The van der Waals surface area contributed by atoms with Gasteiger partial charge in [0.05, 0.1) is 19.0 Å². The number of rotatable bonds is 5. The summed E-state index contributed by atoms with van der Waals surface area (Å²) < 4.78 is 5.89. The maximum absolute atomic E-state index is 5.89. The quantitative estimate of drug-likeness (QED) is 0.743. The van der Waals surface area contributed by atoms with Crippen molar-refractivity contribution in [3.8, 4) is 0 Å². The summed E-state index contributed by atoms with van der Waals surface area (Å²) in [6, 6.07) is 10.5. The van der Waals surface area contributed by atoms with Gasteiger partial charge in [0.15, 0.2) is 11.5 Å². The van der Waals surface area contributed by atoms with E-state index in [-0.39, 0.29) is 6.10 Å². The zero-order valence-corrected chi connectivity index (χ0v) is 13.4. The molecule has 1 fully saturated rings. The molecule has 0 amide bonds. The van der Waals surface area contributed by atoms with E-state index in [1.165, 1.54) is 11.9 Å². The van der Waals surface area contributed by atoms with E-state index in [0.717, 1.165) is 37.6 Å². The van der Waals surface area contributed by atoms with Crippen LogP contribution in [-0.2, 0) is 11.3 Å². The number of imidazole rings is 1. The minimum absolute atomic E-state index is 0.135. The van der Waals surface area contributed by atoms with E-state index in [4.69, 9.17) is 4.74 Å². The number of nitrogens with one attached hydrogen (secondary N) is 2. The van der Waals surface area contributed by atoms with Gasteiger partial charge in [0.25, 0.3) is 0 Å². The molecule has 0 aliphatic carbocycles. The second-order valence-electron chi connectivity index (χ2n) is 5.92. The van der Waals surface area contributed by atoms with Gasteiger partial charge in [0, 0.05) is 26.2 Å². The molecule has 3 heterocycles. The Hall–Kier alpha value is -2.51. The molecule has 0 saturated carbocycles. The highest BCUT2D eigenvalue weighted by atomic mass is 16.5. The van der Waals surface area contributed by atoms with Crippen LogP contribution in [0.3, 0.4) is 0 Å². The lowest BCUT2D eigenvalue weighted by atomic mass is 10.2. The SMILES string of the molecule is c1ccc(CN2CCO[C@H](CNc3ncnc4nc[nH]c34)C2)cc1.